The van der Waals surface area contributed by atoms with Gasteiger partial charge < -0.3 is 0 Å². The highest BCUT2D eigenvalue weighted by atomic mass is 14.2. The van der Waals surface area contributed by atoms with Crippen LogP contribution in [0.25, 0.3) is 11.6 Å². The van der Waals surface area contributed by atoms with Crippen LogP contribution in [0.3, 0.4) is 0 Å². The molecular weight excluding hydrogens is 300 g/mol. The summed E-state index contributed by atoms with van der Waals surface area (Å²) >= 11 is 0. The lowest BCUT2D eigenvalue weighted by atomic mass is 9.83. The van der Waals surface area contributed by atoms with Gasteiger partial charge in [-0.2, -0.15) is 0 Å². The molecule has 0 nitrogen and oxygen atoms in total. The van der Waals surface area contributed by atoms with Crippen LogP contribution in [0.1, 0.15) is 66.5 Å². The molecule has 2 aromatic rings. The van der Waals surface area contributed by atoms with Crippen molar-refractivity contribution in [3.63, 3.8) is 0 Å². The van der Waals surface area contributed by atoms with Crippen molar-refractivity contribution in [2.75, 3.05) is 0 Å². The summed E-state index contributed by atoms with van der Waals surface area (Å²) in [6.45, 7) is 11.1. The first-order valence-corrected chi connectivity index (χ1v) is 9.74. The molecule has 0 N–H and O–H groups in total. The van der Waals surface area contributed by atoms with Gasteiger partial charge in [-0.15, -0.1) is 0 Å². The van der Waals surface area contributed by atoms with Crippen molar-refractivity contribution in [2.45, 2.75) is 59.3 Å². The maximum atomic E-state index is 4.38. The molecule has 0 heteroatoms. The molecule has 1 aliphatic carbocycles. The van der Waals surface area contributed by atoms with Gasteiger partial charge in [-0.25, -0.2) is 0 Å². The minimum atomic E-state index is 0.965. The quantitative estimate of drug-likeness (QED) is 0.503. The largest absolute Gasteiger partial charge is 0.0949 e. The second-order valence-electron chi connectivity index (χ2n) is 7.33. The Balaban J connectivity index is 1.90. The standard InChI is InChI=1S/C25H30/c1-5-7-8-9-21-11-13-24(18(3)14-21)25-17-22-12-10-20(6-2)16-23(22)15-19(25)4/h10-14,16-17H,4-9,15H2,1-3H3. The van der Waals surface area contributed by atoms with Crippen molar-refractivity contribution >= 4 is 11.6 Å². The molecule has 0 saturated heterocycles. The zero-order valence-corrected chi connectivity index (χ0v) is 16.0. The Morgan fingerprint density at radius 1 is 0.960 bits per heavy atom. The van der Waals surface area contributed by atoms with Crippen LogP contribution in [-0.4, -0.2) is 0 Å². The normalized spacial score (nSPS) is 13.6. The van der Waals surface area contributed by atoms with Crippen LogP contribution in [0.4, 0.5) is 0 Å². The highest BCUT2D eigenvalue weighted by Gasteiger charge is 2.17. The summed E-state index contributed by atoms with van der Waals surface area (Å²) in [4.78, 5) is 0. The van der Waals surface area contributed by atoms with Crippen molar-refractivity contribution < 1.29 is 0 Å². The number of hydrogen-bond acceptors (Lipinski definition) is 0. The van der Waals surface area contributed by atoms with Crippen LogP contribution >= 0.6 is 0 Å². The first-order valence-electron chi connectivity index (χ1n) is 9.74. The monoisotopic (exact) mass is 330 g/mol. The number of benzene rings is 2. The average molecular weight is 331 g/mol. The molecule has 0 aliphatic heterocycles. The van der Waals surface area contributed by atoms with E-state index in [1.165, 1.54) is 70.2 Å². The SMILES string of the molecule is C=C1Cc2cc(CC)ccc2C=C1c1ccc(CCCCC)cc1C. The Kier molecular flexibility index (Phi) is 5.58. The zero-order chi connectivity index (χ0) is 17.8. The molecule has 130 valence electrons. The van der Waals surface area contributed by atoms with Gasteiger partial charge in [0.1, 0.15) is 0 Å². The summed E-state index contributed by atoms with van der Waals surface area (Å²) < 4.78 is 0. The second kappa shape index (κ2) is 7.87. The molecule has 0 atom stereocenters. The predicted octanol–water partition coefficient (Wildman–Crippen LogP) is 6.94. The summed E-state index contributed by atoms with van der Waals surface area (Å²) in [6, 6.07) is 13.9. The van der Waals surface area contributed by atoms with E-state index in [1.807, 2.05) is 0 Å². The fourth-order valence-electron chi connectivity index (χ4n) is 3.79. The Labute approximate surface area is 153 Å². The topological polar surface area (TPSA) is 0 Å². The summed E-state index contributed by atoms with van der Waals surface area (Å²) in [5.41, 5.74) is 10.9. The number of rotatable bonds is 6. The maximum absolute atomic E-state index is 4.38. The second-order valence-corrected chi connectivity index (χ2v) is 7.33. The molecule has 0 amide bonds. The Morgan fingerprint density at radius 2 is 1.76 bits per heavy atom. The van der Waals surface area contributed by atoms with Crippen LogP contribution in [0.5, 0.6) is 0 Å². The van der Waals surface area contributed by atoms with Gasteiger partial charge in [0.15, 0.2) is 0 Å². The molecule has 3 rings (SSSR count). The minimum absolute atomic E-state index is 0.965. The van der Waals surface area contributed by atoms with Crippen molar-refractivity contribution in [1.29, 1.82) is 0 Å². The molecule has 25 heavy (non-hydrogen) atoms. The molecular formula is C25H30. The third-order valence-corrected chi connectivity index (χ3v) is 5.35. The molecule has 1 aliphatic rings. The lowest BCUT2D eigenvalue weighted by molar-refractivity contribution is 0.717. The minimum Gasteiger partial charge on any atom is -0.0949 e. The number of unbranched alkanes of at least 4 members (excludes halogenated alkanes) is 2. The molecule has 0 fully saturated rings. The summed E-state index contributed by atoms with van der Waals surface area (Å²) in [7, 11) is 0. The van der Waals surface area contributed by atoms with Crippen molar-refractivity contribution in [1.82, 2.24) is 0 Å². The number of fused-ring (bicyclic) bond motifs is 1. The van der Waals surface area contributed by atoms with Crippen LogP contribution in [0.2, 0.25) is 0 Å². The fourth-order valence-corrected chi connectivity index (χ4v) is 3.79. The molecule has 0 heterocycles. The Bertz CT molecular complexity index is 805. The van der Waals surface area contributed by atoms with E-state index in [4.69, 9.17) is 0 Å². The van der Waals surface area contributed by atoms with Crippen LogP contribution < -0.4 is 0 Å². The van der Waals surface area contributed by atoms with Gasteiger partial charge in [0.05, 0.1) is 0 Å². The highest BCUT2D eigenvalue weighted by molar-refractivity contribution is 5.94. The van der Waals surface area contributed by atoms with E-state index in [0.29, 0.717) is 0 Å². The van der Waals surface area contributed by atoms with Crippen molar-refractivity contribution in [3.8, 4) is 0 Å². The highest BCUT2D eigenvalue weighted by Crippen LogP contribution is 2.35. The Hall–Kier alpha value is -2.08. The molecule has 0 aromatic heterocycles. The lowest BCUT2D eigenvalue weighted by Gasteiger charge is -2.22. The number of aryl methyl sites for hydroxylation is 3. The zero-order valence-electron chi connectivity index (χ0n) is 16.0. The van der Waals surface area contributed by atoms with Gasteiger partial charge in [0, 0.05) is 0 Å². The number of allylic oxidation sites excluding steroid dienone is 2. The van der Waals surface area contributed by atoms with Gasteiger partial charge in [-0.3, -0.25) is 0 Å². The molecule has 0 unspecified atom stereocenters. The number of hydrogen-bond donors (Lipinski definition) is 0. The van der Waals surface area contributed by atoms with Crippen molar-refractivity contribution in [3.05, 3.63) is 81.9 Å². The van der Waals surface area contributed by atoms with E-state index < -0.39 is 0 Å². The van der Waals surface area contributed by atoms with E-state index in [-0.39, 0.29) is 0 Å². The lowest BCUT2D eigenvalue weighted by Crippen LogP contribution is -2.04. The third-order valence-electron chi connectivity index (χ3n) is 5.35. The summed E-state index contributed by atoms with van der Waals surface area (Å²) in [6.07, 6.45) is 9.47. The van der Waals surface area contributed by atoms with E-state index in [9.17, 15) is 0 Å². The smallest absolute Gasteiger partial charge is 0.00194 e. The first-order chi connectivity index (χ1) is 12.1. The van der Waals surface area contributed by atoms with E-state index in [1.54, 1.807) is 0 Å². The molecule has 2 aromatic carbocycles. The van der Waals surface area contributed by atoms with Gasteiger partial charge in [-0.05, 0) is 83.2 Å². The molecule has 0 saturated carbocycles. The van der Waals surface area contributed by atoms with Crippen molar-refractivity contribution in [2.24, 2.45) is 0 Å². The summed E-state index contributed by atoms with van der Waals surface area (Å²) in [5, 5.41) is 0. The van der Waals surface area contributed by atoms with Crippen LogP contribution in [0.15, 0.2) is 48.6 Å². The summed E-state index contributed by atoms with van der Waals surface area (Å²) in [5.74, 6) is 0. The first kappa shape index (κ1) is 17.7. The van der Waals surface area contributed by atoms with E-state index >= 15 is 0 Å². The maximum Gasteiger partial charge on any atom is -0.00194 e. The Morgan fingerprint density at radius 3 is 2.48 bits per heavy atom. The van der Waals surface area contributed by atoms with Crippen LogP contribution in [-0.2, 0) is 19.3 Å². The predicted molar refractivity (Wildman–Crippen MR) is 111 cm³/mol. The van der Waals surface area contributed by atoms with Gasteiger partial charge in [0.2, 0.25) is 0 Å². The third kappa shape index (κ3) is 3.95. The molecule has 0 spiro atoms. The average Bonchev–Trinajstić information content (AvgIpc) is 2.61. The molecule has 0 bridgehead atoms. The molecule has 0 radical (unpaired) electrons. The van der Waals surface area contributed by atoms with Gasteiger partial charge in [0.25, 0.3) is 0 Å². The van der Waals surface area contributed by atoms with Crippen LogP contribution in [0, 0.1) is 6.92 Å². The van der Waals surface area contributed by atoms with E-state index in [0.717, 1.165) is 12.8 Å². The fraction of sp³-hybridized carbons (Fsp3) is 0.360. The van der Waals surface area contributed by atoms with E-state index in [2.05, 4.69) is 69.8 Å². The van der Waals surface area contributed by atoms with Gasteiger partial charge in [-0.1, -0.05) is 69.7 Å². The van der Waals surface area contributed by atoms with Gasteiger partial charge >= 0.3 is 0 Å².